The number of hydrogen-bond donors (Lipinski definition) is 1. The van der Waals surface area contributed by atoms with Crippen LogP contribution in [0, 0.1) is 0 Å². The monoisotopic (exact) mass is 267 g/mol. The molecule has 0 spiro atoms. The first kappa shape index (κ1) is 12.5. The molecule has 0 radical (unpaired) electrons. The van der Waals surface area contributed by atoms with E-state index >= 15 is 0 Å². The van der Waals surface area contributed by atoms with Crippen molar-refractivity contribution in [3.8, 4) is 0 Å². The molecule has 0 amide bonds. The van der Waals surface area contributed by atoms with Crippen LogP contribution >= 0.6 is 0 Å². The van der Waals surface area contributed by atoms with Crippen molar-refractivity contribution in [3.05, 3.63) is 66.5 Å². The number of nitrogens with one attached hydrogen (secondary N) is 1. The topological polar surface area (TPSA) is 47.7 Å². The van der Waals surface area contributed by atoms with E-state index in [4.69, 9.17) is 0 Å². The first-order valence-electron chi connectivity index (χ1n) is 6.56. The molecule has 0 aliphatic carbocycles. The van der Waals surface area contributed by atoms with Crippen molar-refractivity contribution >= 4 is 5.69 Å². The Balaban J connectivity index is 1.65. The molecule has 5 nitrogen and oxygen atoms in total. The summed E-state index contributed by atoms with van der Waals surface area (Å²) in [6.45, 7) is 1.56. The van der Waals surface area contributed by atoms with Gasteiger partial charge in [-0.15, -0.1) is 0 Å². The fourth-order valence-electron chi connectivity index (χ4n) is 2.15. The molecular formula is C15H17N5. The van der Waals surface area contributed by atoms with Gasteiger partial charge in [0, 0.05) is 31.7 Å². The van der Waals surface area contributed by atoms with Crippen LogP contribution in [-0.2, 0) is 20.1 Å². The Kier molecular flexibility index (Phi) is 3.50. The molecule has 0 atom stereocenters. The molecule has 3 rings (SSSR count). The van der Waals surface area contributed by atoms with Crippen LogP contribution in [0.4, 0.5) is 5.69 Å². The zero-order valence-electron chi connectivity index (χ0n) is 11.4. The van der Waals surface area contributed by atoms with Crippen LogP contribution in [0.3, 0.4) is 0 Å². The van der Waals surface area contributed by atoms with E-state index < -0.39 is 0 Å². The molecule has 20 heavy (non-hydrogen) atoms. The molecule has 1 N–H and O–H groups in total. The van der Waals surface area contributed by atoms with Gasteiger partial charge in [-0.3, -0.25) is 0 Å². The molecule has 2 aromatic heterocycles. The average molecular weight is 267 g/mol. The second-order valence-corrected chi connectivity index (χ2v) is 4.83. The lowest BCUT2D eigenvalue weighted by atomic mass is 10.2. The van der Waals surface area contributed by atoms with E-state index in [2.05, 4.69) is 62.7 Å². The number of benzene rings is 1. The molecule has 0 bridgehead atoms. The van der Waals surface area contributed by atoms with Crippen LogP contribution in [0.2, 0.25) is 0 Å². The van der Waals surface area contributed by atoms with Gasteiger partial charge in [0.25, 0.3) is 0 Å². The summed E-state index contributed by atoms with van der Waals surface area (Å²) in [6, 6.07) is 10.5. The van der Waals surface area contributed by atoms with E-state index in [1.54, 1.807) is 12.7 Å². The van der Waals surface area contributed by atoms with Crippen LogP contribution in [0.5, 0.6) is 0 Å². The van der Waals surface area contributed by atoms with Crippen molar-refractivity contribution in [3.63, 3.8) is 0 Å². The summed E-state index contributed by atoms with van der Waals surface area (Å²) in [5.41, 5.74) is 3.59. The van der Waals surface area contributed by atoms with Gasteiger partial charge < -0.3 is 9.88 Å². The predicted octanol–water partition coefficient (Wildman–Crippen LogP) is 2.28. The molecule has 3 aromatic rings. The molecule has 0 aliphatic rings. The summed E-state index contributed by atoms with van der Waals surface area (Å²) in [6.07, 6.45) is 7.45. The number of aryl methyl sites for hydroxylation is 1. The summed E-state index contributed by atoms with van der Waals surface area (Å²) in [5.74, 6) is 0. The minimum absolute atomic E-state index is 0.737. The Bertz CT molecular complexity index is 669. The van der Waals surface area contributed by atoms with Gasteiger partial charge in [-0.2, -0.15) is 5.10 Å². The highest BCUT2D eigenvalue weighted by Gasteiger charge is 1.99. The Morgan fingerprint density at radius 2 is 2.15 bits per heavy atom. The van der Waals surface area contributed by atoms with Gasteiger partial charge in [0.2, 0.25) is 0 Å². The fraction of sp³-hybridized carbons (Fsp3) is 0.200. The van der Waals surface area contributed by atoms with Crippen molar-refractivity contribution in [1.82, 2.24) is 19.3 Å². The van der Waals surface area contributed by atoms with E-state index in [1.807, 2.05) is 11.7 Å². The van der Waals surface area contributed by atoms with E-state index in [0.29, 0.717) is 0 Å². The highest BCUT2D eigenvalue weighted by atomic mass is 15.3. The third kappa shape index (κ3) is 3.06. The second kappa shape index (κ2) is 5.61. The third-order valence-corrected chi connectivity index (χ3v) is 3.13. The molecule has 0 aliphatic heterocycles. The summed E-state index contributed by atoms with van der Waals surface area (Å²) in [7, 11) is 2.03. The van der Waals surface area contributed by atoms with E-state index in [0.717, 1.165) is 18.8 Å². The van der Waals surface area contributed by atoms with Crippen LogP contribution in [0.1, 0.15) is 11.1 Å². The number of hydrogen-bond acceptors (Lipinski definition) is 3. The molecule has 1 aromatic carbocycles. The molecule has 0 saturated carbocycles. The zero-order chi connectivity index (χ0) is 13.8. The lowest BCUT2D eigenvalue weighted by Crippen LogP contribution is -2.02. The van der Waals surface area contributed by atoms with Crippen molar-refractivity contribution in [1.29, 1.82) is 0 Å². The van der Waals surface area contributed by atoms with Crippen molar-refractivity contribution in [2.75, 3.05) is 5.32 Å². The summed E-state index contributed by atoms with van der Waals surface area (Å²) >= 11 is 0. The Hall–Kier alpha value is -2.56. The van der Waals surface area contributed by atoms with Crippen molar-refractivity contribution in [2.24, 2.45) is 7.05 Å². The van der Waals surface area contributed by atoms with E-state index in [1.165, 1.54) is 11.1 Å². The fourth-order valence-corrected chi connectivity index (χ4v) is 2.15. The maximum atomic E-state index is 4.12. The lowest BCUT2D eigenvalue weighted by Gasteiger charge is -2.07. The highest BCUT2D eigenvalue weighted by Crippen LogP contribution is 2.13. The highest BCUT2D eigenvalue weighted by molar-refractivity contribution is 5.46. The van der Waals surface area contributed by atoms with Gasteiger partial charge in [-0.25, -0.2) is 9.67 Å². The number of rotatable bonds is 5. The van der Waals surface area contributed by atoms with Gasteiger partial charge in [-0.1, -0.05) is 12.1 Å². The maximum Gasteiger partial charge on any atom is 0.137 e. The lowest BCUT2D eigenvalue weighted by molar-refractivity contribution is 0.685. The molecular weight excluding hydrogens is 250 g/mol. The first-order chi connectivity index (χ1) is 9.79. The molecule has 0 saturated heterocycles. The van der Waals surface area contributed by atoms with Gasteiger partial charge in [0.1, 0.15) is 12.7 Å². The van der Waals surface area contributed by atoms with Crippen LogP contribution < -0.4 is 5.32 Å². The molecule has 0 unspecified atom stereocenters. The molecule has 5 heteroatoms. The largest absolute Gasteiger partial charge is 0.381 e. The van der Waals surface area contributed by atoms with Crippen LogP contribution in [0.25, 0.3) is 0 Å². The predicted molar refractivity (Wildman–Crippen MR) is 78.3 cm³/mol. The summed E-state index contributed by atoms with van der Waals surface area (Å²) in [5, 5.41) is 7.56. The van der Waals surface area contributed by atoms with E-state index in [9.17, 15) is 0 Å². The second-order valence-electron chi connectivity index (χ2n) is 4.83. The first-order valence-corrected chi connectivity index (χ1v) is 6.56. The minimum atomic E-state index is 0.737. The third-order valence-electron chi connectivity index (χ3n) is 3.13. The molecule has 102 valence electrons. The normalized spacial score (nSPS) is 10.7. The van der Waals surface area contributed by atoms with Crippen LogP contribution in [0.15, 0.2) is 55.4 Å². The minimum Gasteiger partial charge on any atom is -0.381 e. The number of aromatic nitrogens is 4. The van der Waals surface area contributed by atoms with E-state index in [-0.39, 0.29) is 0 Å². The SMILES string of the molecule is Cn1ccc(CNc2cccc(Cn3cncn3)c2)c1. The van der Waals surface area contributed by atoms with Gasteiger partial charge >= 0.3 is 0 Å². The van der Waals surface area contributed by atoms with Gasteiger partial charge in [-0.05, 0) is 29.3 Å². The van der Waals surface area contributed by atoms with Crippen molar-refractivity contribution < 1.29 is 0 Å². The molecule has 2 heterocycles. The number of nitrogens with zero attached hydrogens (tertiary/aromatic N) is 4. The Labute approximate surface area is 117 Å². The standard InChI is InChI=1S/C15H17N5/c1-19-6-5-14(9-19)8-17-15-4-2-3-13(7-15)10-20-12-16-11-18-20/h2-7,9,11-12,17H,8,10H2,1H3. The van der Waals surface area contributed by atoms with Crippen molar-refractivity contribution in [2.45, 2.75) is 13.1 Å². The van der Waals surface area contributed by atoms with Crippen LogP contribution in [-0.4, -0.2) is 19.3 Å². The smallest absolute Gasteiger partial charge is 0.137 e. The zero-order valence-corrected chi connectivity index (χ0v) is 11.4. The Morgan fingerprint density at radius 1 is 1.20 bits per heavy atom. The Morgan fingerprint density at radius 3 is 2.90 bits per heavy atom. The van der Waals surface area contributed by atoms with Gasteiger partial charge in [0.05, 0.1) is 6.54 Å². The maximum absolute atomic E-state index is 4.12. The number of anilines is 1. The quantitative estimate of drug-likeness (QED) is 0.771. The molecule has 0 fully saturated rings. The summed E-state index contributed by atoms with van der Waals surface area (Å²) < 4.78 is 3.87. The van der Waals surface area contributed by atoms with Gasteiger partial charge in [0.15, 0.2) is 0 Å². The summed E-state index contributed by atoms with van der Waals surface area (Å²) in [4.78, 5) is 3.95. The average Bonchev–Trinajstić information content (AvgIpc) is 3.09.